The van der Waals surface area contributed by atoms with Crippen molar-refractivity contribution in [3.63, 3.8) is 0 Å². The monoisotopic (exact) mass is 235 g/mol. The third kappa shape index (κ3) is 4.17. The van der Waals surface area contributed by atoms with E-state index in [0.29, 0.717) is 13.1 Å². The first-order chi connectivity index (χ1) is 8.04. The fourth-order valence-electron chi connectivity index (χ4n) is 1.75. The largest absolute Gasteiger partial charge is 0.369 e. The lowest BCUT2D eigenvalue weighted by molar-refractivity contribution is -0.119. The summed E-state index contributed by atoms with van der Waals surface area (Å²) in [5.74, 6) is -0.302. The van der Waals surface area contributed by atoms with Crippen LogP contribution in [0.1, 0.15) is 25.0 Å². The molecule has 94 valence electrons. The van der Waals surface area contributed by atoms with Gasteiger partial charge in [-0.2, -0.15) is 0 Å². The summed E-state index contributed by atoms with van der Waals surface area (Å²) in [6.07, 6.45) is 0. The van der Waals surface area contributed by atoms with Crippen molar-refractivity contribution in [3.8, 4) is 0 Å². The molecular formula is C13H21N3O. The Morgan fingerprint density at radius 3 is 2.35 bits per heavy atom. The number of amides is 1. The van der Waals surface area contributed by atoms with Crippen molar-refractivity contribution in [2.75, 3.05) is 6.54 Å². The highest BCUT2D eigenvalue weighted by molar-refractivity contribution is 5.75. The highest BCUT2D eigenvalue weighted by Gasteiger charge is 2.13. The molecule has 0 heterocycles. The summed E-state index contributed by atoms with van der Waals surface area (Å²) in [5.41, 5.74) is 13.2. The van der Waals surface area contributed by atoms with Crippen LogP contribution in [0, 0.1) is 0 Å². The first-order valence-corrected chi connectivity index (χ1v) is 5.83. The number of rotatable bonds is 6. The number of carbonyl (C=O) groups is 1. The lowest BCUT2D eigenvalue weighted by Crippen LogP contribution is -2.38. The molecule has 0 aliphatic carbocycles. The van der Waals surface area contributed by atoms with Crippen molar-refractivity contribution < 1.29 is 4.79 Å². The lowest BCUT2D eigenvalue weighted by Gasteiger charge is -2.25. The Balaban J connectivity index is 2.81. The van der Waals surface area contributed by atoms with E-state index in [2.05, 4.69) is 0 Å². The van der Waals surface area contributed by atoms with E-state index < -0.39 is 0 Å². The zero-order chi connectivity index (χ0) is 12.8. The molecule has 0 saturated carbocycles. The molecule has 0 aliphatic heterocycles. The second-order valence-corrected chi connectivity index (χ2v) is 4.44. The molecule has 1 aromatic carbocycles. The topological polar surface area (TPSA) is 72.3 Å². The molecule has 0 aromatic heterocycles. The average molecular weight is 235 g/mol. The van der Waals surface area contributed by atoms with E-state index in [1.165, 1.54) is 0 Å². The standard InChI is InChI=1S/C13H21N3O/c1-10(2)16(9-13(15)17)8-12-6-4-3-5-11(12)7-14/h3-6,10H,7-9,14H2,1-2H3,(H2,15,17). The van der Waals surface area contributed by atoms with E-state index in [0.717, 1.165) is 11.1 Å². The predicted octanol–water partition coefficient (Wildman–Crippen LogP) is 0.841. The lowest BCUT2D eigenvalue weighted by atomic mass is 10.1. The summed E-state index contributed by atoms with van der Waals surface area (Å²) in [5, 5.41) is 0. The van der Waals surface area contributed by atoms with Crippen LogP contribution >= 0.6 is 0 Å². The Bertz CT molecular complexity index is 377. The number of carbonyl (C=O) groups excluding carboxylic acids is 1. The normalized spacial score (nSPS) is 11.1. The van der Waals surface area contributed by atoms with E-state index in [1.54, 1.807) is 0 Å². The Morgan fingerprint density at radius 2 is 1.88 bits per heavy atom. The fourth-order valence-corrected chi connectivity index (χ4v) is 1.75. The zero-order valence-corrected chi connectivity index (χ0v) is 10.5. The minimum atomic E-state index is -0.302. The van der Waals surface area contributed by atoms with Crippen LogP contribution < -0.4 is 11.5 Å². The number of benzene rings is 1. The smallest absolute Gasteiger partial charge is 0.231 e. The second-order valence-electron chi connectivity index (χ2n) is 4.44. The summed E-state index contributed by atoms with van der Waals surface area (Å²) in [4.78, 5) is 13.1. The average Bonchev–Trinajstić information content (AvgIpc) is 2.28. The van der Waals surface area contributed by atoms with Crippen molar-refractivity contribution in [2.24, 2.45) is 11.5 Å². The second kappa shape index (κ2) is 6.37. The SMILES string of the molecule is CC(C)N(CC(N)=O)Cc1ccccc1CN. The molecule has 0 fully saturated rings. The minimum absolute atomic E-state index is 0.272. The minimum Gasteiger partial charge on any atom is -0.369 e. The highest BCUT2D eigenvalue weighted by atomic mass is 16.1. The van der Waals surface area contributed by atoms with Crippen LogP contribution in [-0.4, -0.2) is 23.4 Å². The van der Waals surface area contributed by atoms with Crippen molar-refractivity contribution in [1.82, 2.24) is 4.90 Å². The van der Waals surface area contributed by atoms with E-state index in [4.69, 9.17) is 11.5 Å². The van der Waals surface area contributed by atoms with Crippen molar-refractivity contribution in [1.29, 1.82) is 0 Å². The number of hydrogen-bond acceptors (Lipinski definition) is 3. The van der Waals surface area contributed by atoms with Gasteiger partial charge < -0.3 is 11.5 Å². The first-order valence-electron chi connectivity index (χ1n) is 5.83. The summed E-state index contributed by atoms with van der Waals surface area (Å²) < 4.78 is 0. The van der Waals surface area contributed by atoms with Gasteiger partial charge in [-0.1, -0.05) is 24.3 Å². The van der Waals surface area contributed by atoms with Crippen molar-refractivity contribution >= 4 is 5.91 Å². The molecule has 0 aliphatic rings. The molecule has 17 heavy (non-hydrogen) atoms. The van der Waals surface area contributed by atoms with E-state index in [1.807, 2.05) is 43.0 Å². The number of hydrogen-bond donors (Lipinski definition) is 2. The van der Waals surface area contributed by atoms with Gasteiger partial charge in [-0.05, 0) is 25.0 Å². The third-order valence-corrected chi connectivity index (χ3v) is 2.80. The molecule has 0 spiro atoms. The van der Waals surface area contributed by atoms with E-state index >= 15 is 0 Å². The summed E-state index contributed by atoms with van der Waals surface area (Å²) in [6, 6.07) is 8.28. The van der Waals surface area contributed by atoms with Crippen LogP contribution in [0.3, 0.4) is 0 Å². The maximum atomic E-state index is 11.0. The van der Waals surface area contributed by atoms with Crippen LogP contribution in [0.5, 0.6) is 0 Å². The van der Waals surface area contributed by atoms with Gasteiger partial charge in [0.25, 0.3) is 0 Å². The van der Waals surface area contributed by atoms with Crippen LogP contribution in [0.15, 0.2) is 24.3 Å². The van der Waals surface area contributed by atoms with Gasteiger partial charge in [0.05, 0.1) is 6.54 Å². The molecular weight excluding hydrogens is 214 g/mol. The van der Waals surface area contributed by atoms with E-state index in [-0.39, 0.29) is 18.5 Å². The Morgan fingerprint density at radius 1 is 1.29 bits per heavy atom. The Hall–Kier alpha value is -1.39. The molecule has 1 amide bonds. The molecule has 4 nitrogen and oxygen atoms in total. The van der Waals surface area contributed by atoms with Crippen LogP contribution in [0.4, 0.5) is 0 Å². The van der Waals surface area contributed by atoms with E-state index in [9.17, 15) is 4.79 Å². The summed E-state index contributed by atoms with van der Waals surface area (Å²) in [7, 11) is 0. The van der Waals surface area contributed by atoms with Gasteiger partial charge in [0, 0.05) is 19.1 Å². The van der Waals surface area contributed by atoms with Gasteiger partial charge in [0.1, 0.15) is 0 Å². The molecule has 0 atom stereocenters. The molecule has 0 radical (unpaired) electrons. The van der Waals surface area contributed by atoms with Gasteiger partial charge in [-0.25, -0.2) is 0 Å². The van der Waals surface area contributed by atoms with Gasteiger partial charge >= 0.3 is 0 Å². The summed E-state index contributed by atoms with van der Waals surface area (Å²) >= 11 is 0. The van der Waals surface area contributed by atoms with Crippen LogP contribution in [0.25, 0.3) is 0 Å². The molecule has 4 N–H and O–H groups in total. The van der Waals surface area contributed by atoms with Crippen molar-refractivity contribution in [2.45, 2.75) is 33.0 Å². The van der Waals surface area contributed by atoms with Gasteiger partial charge in [-0.15, -0.1) is 0 Å². The highest BCUT2D eigenvalue weighted by Crippen LogP contribution is 2.12. The molecule has 4 heteroatoms. The Kier molecular flexibility index (Phi) is 5.12. The van der Waals surface area contributed by atoms with Gasteiger partial charge in [0.15, 0.2) is 0 Å². The number of primary amides is 1. The number of nitrogens with two attached hydrogens (primary N) is 2. The first kappa shape index (κ1) is 13.7. The Labute approximate surface area is 103 Å². The zero-order valence-electron chi connectivity index (χ0n) is 10.5. The van der Waals surface area contributed by atoms with Crippen LogP contribution in [0.2, 0.25) is 0 Å². The molecule has 1 rings (SSSR count). The van der Waals surface area contributed by atoms with Gasteiger partial charge in [-0.3, -0.25) is 9.69 Å². The maximum Gasteiger partial charge on any atom is 0.231 e. The van der Waals surface area contributed by atoms with Crippen LogP contribution in [-0.2, 0) is 17.9 Å². The van der Waals surface area contributed by atoms with Gasteiger partial charge in [0.2, 0.25) is 5.91 Å². The molecule has 0 unspecified atom stereocenters. The maximum absolute atomic E-state index is 11.0. The molecule has 1 aromatic rings. The number of nitrogens with zero attached hydrogens (tertiary/aromatic N) is 1. The fraction of sp³-hybridized carbons (Fsp3) is 0.462. The quantitative estimate of drug-likeness (QED) is 0.767. The third-order valence-electron chi connectivity index (χ3n) is 2.80. The summed E-state index contributed by atoms with van der Waals surface area (Å²) in [6.45, 7) is 5.59. The molecule has 0 bridgehead atoms. The van der Waals surface area contributed by atoms with Crippen molar-refractivity contribution in [3.05, 3.63) is 35.4 Å². The molecule has 0 saturated heterocycles. The predicted molar refractivity (Wildman–Crippen MR) is 69.1 cm³/mol.